The molecule has 2 heteroatoms. The maximum Gasteiger partial charge on any atom is 0.0992 e. The molecule has 0 saturated carbocycles. The Kier molecular flexibility index (Phi) is 2.87. The van der Waals surface area contributed by atoms with Crippen LogP contribution in [0.15, 0.2) is 18.2 Å². The van der Waals surface area contributed by atoms with Gasteiger partial charge in [0.05, 0.1) is 11.6 Å². The second-order valence-electron chi connectivity index (χ2n) is 6.08. The molecule has 1 heterocycles. The van der Waals surface area contributed by atoms with Crippen LogP contribution in [0.1, 0.15) is 31.9 Å². The SMILES string of the molecule is Cc1ccc(C#N)cc1N1CC(C(C)(C)C)C1. The van der Waals surface area contributed by atoms with E-state index >= 15 is 0 Å². The molecule has 0 aliphatic carbocycles. The summed E-state index contributed by atoms with van der Waals surface area (Å²) in [5.41, 5.74) is 3.63. The Labute approximate surface area is 104 Å². The third-order valence-electron chi connectivity index (χ3n) is 3.79. The van der Waals surface area contributed by atoms with Gasteiger partial charge in [-0.25, -0.2) is 0 Å². The van der Waals surface area contributed by atoms with Crippen LogP contribution in [0, 0.1) is 29.6 Å². The molecule has 17 heavy (non-hydrogen) atoms. The van der Waals surface area contributed by atoms with E-state index in [0.717, 1.165) is 24.6 Å². The summed E-state index contributed by atoms with van der Waals surface area (Å²) in [6.45, 7) is 11.2. The fourth-order valence-corrected chi connectivity index (χ4v) is 2.24. The third kappa shape index (κ3) is 2.29. The highest BCUT2D eigenvalue weighted by Crippen LogP contribution is 2.37. The van der Waals surface area contributed by atoms with Crippen molar-refractivity contribution in [1.82, 2.24) is 0 Å². The maximum atomic E-state index is 8.94. The maximum absolute atomic E-state index is 8.94. The summed E-state index contributed by atoms with van der Waals surface area (Å²) in [5.74, 6) is 0.757. The van der Waals surface area contributed by atoms with Gasteiger partial charge in [-0.05, 0) is 36.0 Å². The summed E-state index contributed by atoms with van der Waals surface area (Å²) in [7, 11) is 0. The molecule has 2 rings (SSSR count). The smallest absolute Gasteiger partial charge is 0.0992 e. The first-order valence-electron chi connectivity index (χ1n) is 6.17. The van der Waals surface area contributed by atoms with E-state index in [1.807, 2.05) is 18.2 Å². The molecule has 0 atom stereocenters. The first kappa shape index (κ1) is 12.0. The molecule has 0 bridgehead atoms. The molecule has 1 aromatic carbocycles. The zero-order valence-corrected chi connectivity index (χ0v) is 11.1. The molecule has 1 aromatic rings. The van der Waals surface area contributed by atoms with Crippen molar-refractivity contribution in [2.75, 3.05) is 18.0 Å². The predicted molar refractivity (Wildman–Crippen MR) is 71.1 cm³/mol. The van der Waals surface area contributed by atoms with E-state index in [2.05, 4.69) is 38.7 Å². The van der Waals surface area contributed by atoms with Crippen molar-refractivity contribution >= 4 is 5.69 Å². The highest BCUT2D eigenvalue weighted by atomic mass is 15.2. The van der Waals surface area contributed by atoms with Crippen molar-refractivity contribution in [2.24, 2.45) is 11.3 Å². The number of rotatable bonds is 1. The van der Waals surface area contributed by atoms with Gasteiger partial charge in [0.1, 0.15) is 0 Å². The van der Waals surface area contributed by atoms with Crippen LogP contribution in [0.4, 0.5) is 5.69 Å². The van der Waals surface area contributed by atoms with Crippen LogP contribution in [0.3, 0.4) is 0 Å². The second-order valence-corrected chi connectivity index (χ2v) is 6.08. The molecule has 0 radical (unpaired) electrons. The fraction of sp³-hybridized carbons (Fsp3) is 0.533. The summed E-state index contributed by atoms with van der Waals surface area (Å²) in [4.78, 5) is 2.38. The average Bonchev–Trinajstić information content (AvgIpc) is 2.16. The van der Waals surface area contributed by atoms with Crippen molar-refractivity contribution in [1.29, 1.82) is 5.26 Å². The van der Waals surface area contributed by atoms with E-state index < -0.39 is 0 Å². The van der Waals surface area contributed by atoms with Gasteiger partial charge in [-0.3, -0.25) is 0 Å². The molecule has 0 spiro atoms. The molecule has 0 aromatic heterocycles. The van der Waals surface area contributed by atoms with Gasteiger partial charge in [-0.2, -0.15) is 5.26 Å². The van der Waals surface area contributed by atoms with Gasteiger partial charge in [0.15, 0.2) is 0 Å². The lowest BCUT2D eigenvalue weighted by Gasteiger charge is -2.48. The van der Waals surface area contributed by atoms with Gasteiger partial charge >= 0.3 is 0 Å². The molecule has 90 valence electrons. The molecule has 1 aliphatic heterocycles. The summed E-state index contributed by atoms with van der Waals surface area (Å²) in [5, 5.41) is 8.94. The Morgan fingerprint density at radius 1 is 1.29 bits per heavy atom. The number of anilines is 1. The van der Waals surface area contributed by atoms with E-state index in [9.17, 15) is 0 Å². The van der Waals surface area contributed by atoms with Gasteiger partial charge in [0.2, 0.25) is 0 Å². The molecular formula is C15H20N2. The molecule has 1 aliphatic rings. The number of benzene rings is 1. The zero-order chi connectivity index (χ0) is 12.6. The normalized spacial score (nSPS) is 16.5. The van der Waals surface area contributed by atoms with Crippen molar-refractivity contribution in [2.45, 2.75) is 27.7 Å². The summed E-state index contributed by atoms with van der Waals surface area (Å²) in [6.07, 6.45) is 0. The predicted octanol–water partition coefficient (Wildman–Crippen LogP) is 3.35. The van der Waals surface area contributed by atoms with Gasteiger partial charge in [-0.15, -0.1) is 0 Å². The van der Waals surface area contributed by atoms with E-state index in [-0.39, 0.29) is 0 Å². The summed E-state index contributed by atoms with van der Waals surface area (Å²) in [6, 6.07) is 8.15. The van der Waals surface area contributed by atoms with Crippen LogP contribution < -0.4 is 4.90 Å². The molecule has 1 saturated heterocycles. The van der Waals surface area contributed by atoms with Crippen molar-refractivity contribution in [3.63, 3.8) is 0 Å². The highest BCUT2D eigenvalue weighted by Gasteiger charge is 2.36. The van der Waals surface area contributed by atoms with Gasteiger partial charge in [-0.1, -0.05) is 26.8 Å². The van der Waals surface area contributed by atoms with Gasteiger partial charge in [0.25, 0.3) is 0 Å². The minimum absolute atomic E-state index is 0.386. The highest BCUT2D eigenvalue weighted by molar-refractivity contribution is 5.58. The number of hydrogen-bond donors (Lipinski definition) is 0. The van der Waals surface area contributed by atoms with Crippen LogP contribution >= 0.6 is 0 Å². The quantitative estimate of drug-likeness (QED) is 0.737. The Balaban J connectivity index is 2.14. The number of aryl methyl sites for hydroxylation is 1. The zero-order valence-electron chi connectivity index (χ0n) is 11.1. The minimum atomic E-state index is 0.386. The Hall–Kier alpha value is -1.49. The number of nitrogens with zero attached hydrogens (tertiary/aromatic N) is 2. The number of nitriles is 1. The van der Waals surface area contributed by atoms with Crippen LogP contribution in [-0.4, -0.2) is 13.1 Å². The second kappa shape index (κ2) is 4.07. The molecular weight excluding hydrogens is 208 g/mol. The largest absolute Gasteiger partial charge is 0.371 e. The average molecular weight is 228 g/mol. The summed E-state index contributed by atoms with van der Waals surface area (Å²) < 4.78 is 0. The topological polar surface area (TPSA) is 27.0 Å². The van der Waals surface area contributed by atoms with Crippen LogP contribution in [-0.2, 0) is 0 Å². The molecule has 2 nitrogen and oxygen atoms in total. The van der Waals surface area contributed by atoms with Gasteiger partial charge < -0.3 is 4.90 Å². The third-order valence-corrected chi connectivity index (χ3v) is 3.79. The number of hydrogen-bond acceptors (Lipinski definition) is 2. The lowest BCUT2D eigenvalue weighted by Crippen LogP contribution is -2.52. The Morgan fingerprint density at radius 3 is 2.47 bits per heavy atom. The van der Waals surface area contributed by atoms with Crippen molar-refractivity contribution in [3.8, 4) is 6.07 Å². The molecule has 0 unspecified atom stereocenters. The fourth-order valence-electron chi connectivity index (χ4n) is 2.24. The summed E-state index contributed by atoms with van der Waals surface area (Å²) >= 11 is 0. The first-order valence-corrected chi connectivity index (χ1v) is 6.17. The lowest BCUT2D eigenvalue weighted by atomic mass is 9.75. The van der Waals surface area contributed by atoms with Crippen LogP contribution in [0.5, 0.6) is 0 Å². The Bertz CT molecular complexity index is 457. The van der Waals surface area contributed by atoms with E-state index in [1.165, 1.54) is 11.3 Å². The van der Waals surface area contributed by atoms with Gasteiger partial charge in [0, 0.05) is 18.8 Å². The van der Waals surface area contributed by atoms with E-state index in [4.69, 9.17) is 5.26 Å². The first-order chi connectivity index (χ1) is 7.91. The molecule has 0 amide bonds. The van der Waals surface area contributed by atoms with Crippen molar-refractivity contribution in [3.05, 3.63) is 29.3 Å². The van der Waals surface area contributed by atoms with E-state index in [1.54, 1.807) is 0 Å². The monoisotopic (exact) mass is 228 g/mol. The van der Waals surface area contributed by atoms with Crippen LogP contribution in [0.25, 0.3) is 0 Å². The van der Waals surface area contributed by atoms with Crippen molar-refractivity contribution < 1.29 is 0 Å². The Morgan fingerprint density at radius 2 is 1.94 bits per heavy atom. The van der Waals surface area contributed by atoms with E-state index in [0.29, 0.717) is 5.41 Å². The molecule has 0 N–H and O–H groups in total. The minimum Gasteiger partial charge on any atom is -0.371 e. The van der Waals surface area contributed by atoms with Crippen LogP contribution in [0.2, 0.25) is 0 Å². The standard InChI is InChI=1S/C15H20N2/c1-11-5-6-12(8-16)7-14(11)17-9-13(10-17)15(2,3)4/h5-7,13H,9-10H2,1-4H3. The molecule has 1 fully saturated rings. The lowest BCUT2D eigenvalue weighted by molar-refractivity contribution is 0.195.